The second-order valence-corrected chi connectivity index (χ2v) is 15.9. The third-order valence-electron chi connectivity index (χ3n) is 8.75. The molecule has 1 aliphatic rings. The molecule has 0 radical (unpaired) electrons. The van der Waals surface area contributed by atoms with Gasteiger partial charge in [0.2, 0.25) is 5.91 Å². The number of rotatable bonds is 14. The van der Waals surface area contributed by atoms with Crippen LogP contribution in [0.5, 0.6) is 11.5 Å². The van der Waals surface area contributed by atoms with Crippen LogP contribution in [-0.2, 0) is 14.3 Å². The van der Waals surface area contributed by atoms with E-state index in [1.165, 1.54) is 0 Å². The number of aliphatic imine (C=N–C) groups is 1. The first kappa shape index (κ1) is 40.2. The van der Waals surface area contributed by atoms with E-state index in [9.17, 15) is 9.59 Å². The summed E-state index contributed by atoms with van der Waals surface area (Å²) in [5.74, 6) is 2.35. The molecule has 3 aromatic carbocycles. The number of nitrogens with one attached hydrogen (secondary N) is 2. The number of alkyl carbamates (subject to hydrolysis) is 1. The molecule has 0 spiro atoms. The molecule has 0 fully saturated rings. The van der Waals surface area contributed by atoms with Gasteiger partial charge in [-0.25, -0.2) is 4.79 Å². The molecule has 4 aromatic rings. The van der Waals surface area contributed by atoms with E-state index in [1.807, 2.05) is 127 Å². The third-order valence-corrected chi connectivity index (χ3v) is 9.01. The van der Waals surface area contributed by atoms with Gasteiger partial charge in [-0.1, -0.05) is 23.7 Å². The van der Waals surface area contributed by atoms with Gasteiger partial charge in [0, 0.05) is 34.8 Å². The van der Waals surface area contributed by atoms with Crippen molar-refractivity contribution in [3.05, 3.63) is 94.5 Å². The Balaban J connectivity index is 1.21. The zero-order valence-corrected chi connectivity index (χ0v) is 33.3. The summed E-state index contributed by atoms with van der Waals surface area (Å²) in [6.07, 6.45) is 0.846. The molecule has 0 unspecified atom stereocenters. The van der Waals surface area contributed by atoms with Crippen LogP contribution in [0.25, 0.3) is 5.69 Å². The fourth-order valence-corrected chi connectivity index (χ4v) is 6.09. The van der Waals surface area contributed by atoms with Crippen molar-refractivity contribution in [3.63, 3.8) is 0 Å². The van der Waals surface area contributed by atoms with Gasteiger partial charge in [0.15, 0.2) is 5.82 Å². The van der Waals surface area contributed by atoms with Gasteiger partial charge in [-0.3, -0.25) is 14.4 Å². The van der Waals surface area contributed by atoms with E-state index in [2.05, 4.69) is 20.8 Å². The summed E-state index contributed by atoms with van der Waals surface area (Å²) in [6, 6.07) is 19.9. The van der Waals surface area contributed by atoms with Crippen LogP contribution in [0.3, 0.4) is 0 Å². The maximum absolute atomic E-state index is 13.6. The van der Waals surface area contributed by atoms with Gasteiger partial charge in [-0.05, 0) is 116 Å². The Morgan fingerprint density at radius 1 is 0.870 bits per heavy atom. The highest BCUT2D eigenvalue weighted by Crippen LogP contribution is 2.35. The molecule has 12 nitrogen and oxygen atoms in total. The van der Waals surface area contributed by atoms with Crippen LogP contribution in [-0.4, -0.2) is 69.5 Å². The van der Waals surface area contributed by atoms with Gasteiger partial charge >= 0.3 is 6.09 Å². The second kappa shape index (κ2) is 16.6. The van der Waals surface area contributed by atoms with E-state index in [4.69, 9.17) is 35.5 Å². The number of hydrogen-bond acceptors (Lipinski definition) is 9. The Morgan fingerprint density at radius 3 is 2.22 bits per heavy atom. The molecule has 0 bridgehead atoms. The molecule has 0 saturated heterocycles. The molecule has 1 aromatic heterocycles. The first-order chi connectivity index (χ1) is 25.4. The summed E-state index contributed by atoms with van der Waals surface area (Å²) in [5.41, 5.74) is 2.31. The average molecular weight is 759 g/mol. The number of carbonyl (C=O) groups is 2. The topological polar surface area (TPSA) is 138 Å². The molecule has 288 valence electrons. The summed E-state index contributed by atoms with van der Waals surface area (Å²) < 4.78 is 25.3. The number of amides is 2. The number of anilines is 1. The number of carbonyl (C=O) groups excluding carboxylic acids is 2. The number of fused-ring (bicyclic) bond motifs is 3. The molecular formula is C41H51ClN6O6. The van der Waals surface area contributed by atoms with Crippen LogP contribution >= 0.6 is 11.6 Å². The van der Waals surface area contributed by atoms with Crippen LogP contribution in [0.1, 0.15) is 96.5 Å². The average Bonchev–Trinajstić information content (AvgIpc) is 3.41. The molecule has 1 atom stereocenters. The second-order valence-electron chi connectivity index (χ2n) is 15.5. The van der Waals surface area contributed by atoms with Gasteiger partial charge in [0.1, 0.15) is 34.6 Å². The monoisotopic (exact) mass is 758 g/mol. The van der Waals surface area contributed by atoms with Gasteiger partial charge in [-0.15, -0.1) is 10.2 Å². The molecular weight excluding hydrogens is 708 g/mol. The number of hydrogen-bond donors (Lipinski definition) is 2. The van der Waals surface area contributed by atoms with Crippen molar-refractivity contribution < 1.29 is 28.5 Å². The van der Waals surface area contributed by atoms with Crippen LogP contribution in [0, 0.1) is 6.92 Å². The molecule has 2 heterocycles. The zero-order valence-electron chi connectivity index (χ0n) is 32.6. The maximum atomic E-state index is 13.6. The Morgan fingerprint density at radius 2 is 1.56 bits per heavy atom. The zero-order chi connectivity index (χ0) is 39.3. The lowest BCUT2D eigenvalue weighted by Crippen LogP contribution is -2.37. The Bertz CT molecular complexity index is 1970. The number of nitrogens with zero attached hydrogens (tertiary/aromatic N) is 4. The summed E-state index contributed by atoms with van der Waals surface area (Å²) in [7, 11) is 1.62. The predicted octanol–water partition coefficient (Wildman–Crippen LogP) is 8.42. The summed E-state index contributed by atoms with van der Waals surface area (Å²) in [4.78, 5) is 30.7. The molecule has 5 rings (SSSR count). The minimum atomic E-state index is -0.632. The van der Waals surface area contributed by atoms with Crippen LogP contribution in [0.4, 0.5) is 10.5 Å². The van der Waals surface area contributed by atoms with Crippen molar-refractivity contribution in [1.82, 2.24) is 20.1 Å². The fourth-order valence-electron chi connectivity index (χ4n) is 5.97. The first-order valence-corrected chi connectivity index (χ1v) is 18.4. The largest absolute Gasteiger partial charge is 0.497 e. The van der Waals surface area contributed by atoms with Gasteiger partial charge in [-0.2, -0.15) is 0 Å². The lowest BCUT2D eigenvalue weighted by molar-refractivity contribution is -0.116. The van der Waals surface area contributed by atoms with Crippen LogP contribution in [0.15, 0.2) is 71.7 Å². The Labute approximate surface area is 322 Å². The van der Waals surface area contributed by atoms with E-state index in [1.54, 1.807) is 7.11 Å². The molecule has 1 aliphatic heterocycles. The highest BCUT2D eigenvalue weighted by molar-refractivity contribution is 6.30. The molecule has 54 heavy (non-hydrogen) atoms. The Kier molecular flexibility index (Phi) is 12.4. The molecule has 0 aliphatic carbocycles. The van der Waals surface area contributed by atoms with Crippen molar-refractivity contribution in [2.45, 2.75) is 97.5 Å². The highest BCUT2D eigenvalue weighted by atomic mass is 35.5. The lowest BCUT2D eigenvalue weighted by atomic mass is 10.00. The molecule has 2 N–H and O–H groups in total. The summed E-state index contributed by atoms with van der Waals surface area (Å²) in [6.45, 7) is 16.3. The first-order valence-electron chi connectivity index (χ1n) is 18.1. The maximum Gasteiger partial charge on any atom is 0.407 e. The summed E-state index contributed by atoms with van der Waals surface area (Å²) in [5, 5.41) is 15.2. The number of ether oxygens (including phenoxy) is 4. The molecule has 2 amide bonds. The smallest absolute Gasteiger partial charge is 0.407 e. The van der Waals surface area contributed by atoms with Crippen molar-refractivity contribution in [1.29, 1.82) is 0 Å². The van der Waals surface area contributed by atoms with Crippen molar-refractivity contribution in [2.24, 2.45) is 4.99 Å². The summed E-state index contributed by atoms with van der Waals surface area (Å²) >= 11 is 6.23. The SMILES string of the molecule is COc1ccc2c(c1)C(c1ccc(Cl)cc1)=N[C@@H](CC(=O)Nc1ccc(OC(C)(C)CCOC(C)(C)CCNC(=O)OC(C)(C)C)cc1)c1nnc(C)n1-2. The minimum Gasteiger partial charge on any atom is -0.497 e. The van der Waals surface area contributed by atoms with Crippen LogP contribution in [0.2, 0.25) is 5.02 Å². The van der Waals surface area contributed by atoms with Gasteiger partial charge < -0.3 is 29.6 Å². The number of halogens is 1. The van der Waals surface area contributed by atoms with Crippen molar-refractivity contribution in [2.75, 3.05) is 25.6 Å². The predicted molar refractivity (Wildman–Crippen MR) is 210 cm³/mol. The molecule has 0 saturated carbocycles. The quantitative estimate of drug-likeness (QED) is 0.131. The van der Waals surface area contributed by atoms with E-state index < -0.39 is 28.9 Å². The van der Waals surface area contributed by atoms with Gasteiger partial charge in [0.25, 0.3) is 0 Å². The Hall–Kier alpha value is -4.94. The van der Waals surface area contributed by atoms with Crippen molar-refractivity contribution >= 4 is 35.0 Å². The van der Waals surface area contributed by atoms with Gasteiger partial charge in [0.05, 0.1) is 37.1 Å². The normalized spacial score (nSPS) is 14.3. The van der Waals surface area contributed by atoms with E-state index in [0.29, 0.717) is 65.6 Å². The third kappa shape index (κ3) is 10.8. The van der Waals surface area contributed by atoms with E-state index in [0.717, 1.165) is 16.8 Å². The van der Waals surface area contributed by atoms with E-state index in [-0.39, 0.29) is 12.3 Å². The van der Waals surface area contributed by atoms with E-state index >= 15 is 0 Å². The number of aryl methyl sites for hydroxylation is 1. The number of aromatic nitrogens is 3. The number of benzene rings is 3. The molecule has 13 heteroatoms. The number of methoxy groups -OCH3 is 1. The fraction of sp³-hybridized carbons (Fsp3) is 0.439. The highest BCUT2D eigenvalue weighted by Gasteiger charge is 2.30. The standard InChI is InChI=1S/C41H51ClN6O6/c1-26-46-47-37-33(45-36(27-10-12-28(42)13-11-27)32-24-31(51-9)18-19-34(32)48(26)37)25-35(49)44-29-14-16-30(17-15-29)53-41(7,8)21-23-52-40(5,6)20-22-43-38(50)54-39(2,3)4/h10-19,24,33H,20-23,25H2,1-9H3,(H,43,50)(H,44,49)/t33-/m0/s1. The minimum absolute atomic E-state index is 0.0268. The lowest BCUT2D eigenvalue weighted by Gasteiger charge is -2.30. The van der Waals surface area contributed by atoms with Crippen molar-refractivity contribution in [3.8, 4) is 17.2 Å². The van der Waals surface area contributed by atoms with Crippen LogP contribution < -0.4 is 20.1 Å².